The Bertz CT molecular complexity index is 802. The van der Waals surface area contributed by atoms with E-state index in [2.05, 4.69) is 15.2 Å². The monoisotopic (exact) mass is 389 g/mol. The third kappa shape index (κ3) is 4.36. The van der Waals surface area contributed by atoms with Crippen LogP contribution in [-0.2, 0) is 11.2 Å². The van der Waals surface area contributed by atoms with Crippen LogP contribution in [0.3, 0.4) is 0 Å². The second-order valence-electron chi connectivity index (χ2n) is 7.15. The Kier molecular flexibility index (Phi) is 5.22. The van der Waals surface area contributed by atoms with Crippen LogP contribution < -0.4 is 0 Å². The maximum Gasteiger partial charge on any atom is 0.264 e. The van der Waals surface area contributed by atoms with Crippen molar-refractivity contribution in [1.29, 1.82) is 0 Å². The number of amides is 2. The maximum absolute atomic E-state index is 12.8. The van der Waals surface area contributed by atoms with Gasteiger partial charge in [0.15, 0.2) is 0 Å². The minimum atomic E-state index is -0.742. The number of nitrogens with zero attached hydrogens (tertiary/aromatic N) is 4. The standard InChI is InChI=1S/C18H23N5O3S/c24-13-9-22(17(25)6-5-16-19-11-20-21-16)7-8-23(10-13)18(26)15-4-3-14(27-15)12-1-2-12/h3-4,11-13,24H,1-2,5-10H2,(H,19,20,21). The molecule has 2 amide bonds. The van der Waals surface area contributed by atoms with Crippen molar-refractivity contribution in [2.75, 3.05) is 26.2 Å². The number of hydrogen-bond donors (Lipinski definition) is 2. The summed E-state index contributed by atoms with van der Waals surface area (Å²) in [6.45, 7) is 1.36. The lowest BCUT2D eigenvalue weighted by atomic mass is 10.2. The molecule has 0 spiro atoms. The number of hydrogen-bond acceptors (Lipinski definition) is 6. The number of thiophene rings is 1. The largest absolute Gasteiger partial charge is 0.389 e. The summed E-state index contributed by atoms with van der Waals surface area (Å²) in [6, 6.07) is 3.93. The van der Waals surface area contributed by atoms with Gasteiger partial charge in [-0.2, -0.15) is 5.10 Å². The molecule has 2 aliphatic rings. The average Bonchev–Trinajstić information content (AvgIpc) is 3.22. The molecule has 27 heavy (non-hydrogen) atoms. The molecule has 0 aromatic carbocycles. The van der Waals surface area contributed by atoms with Gasteiger partial charge in [0, 0.05) is 43.9 Å². The van der Waals surface area contributed by atoms with Crippen LogP contribution in [-0.4, -0.2) is 74.2 Å². The normalized spacial score (nSPS) is 20.6. The van der Waals surface area contributed by atoms with Crippen molar-refractivity contribution in [3.05, 3.63) is 34.0 Å². The van der Waals surface area contributed by atoms with Crippen molar-refractivity contribution >= 4 is 23.2 Å². The maximum atomic E-state index is 12.8. The Hall–Kier alpha value is -2.26. The summed E-state index contributed by atoms with van der Waals surface area (Å²) in [6.07, 6.45) is 3.87. The quantitative estimate of drug-likeness (QED) is 0.795. The smallest absolute Gasteiger partial charge is 0.264 e. The van der Waals surface area contributed by atoms with E-state index in [1.54, 1.807) is 21.1 Å². The fourth-order valence-corrected chi connectivity index (χ4v) is 4.49. The first-order valence-electron chi connectivity index (χ1n) is 9.29. The molecule has 2 aromatic heterocycles. The third-order valence-corrected chi connectivity index (χ3v) is 6.24. The summed E-state index contributed by atoms with van der Waals surface area (Å²) in [5, 5.41) is 16.8. The number of β-amino-alcohol motifs (C(OH)–C–C–N with tert-alkyl or cyclic N) is 1. The number of rotatable bonds is 5. The number of aliphatic hydroxyl groups is 1. The van der Waals surface area contributed by atoms with Crippen LogP contribution >= 0.6 is 11.3 Å². The zero-order valence-corrected chi connectivity index (χ0v) is 15.8. The van der Waals surface area contributed by atoms with Crippen molar-refractivity contribution in [3.8, 4) is 0 Å². The van der Waals surface area contributed by atoms with E-state index in [0.717, 1.165) is 0 Å². The number of carbonyl (C=O) groups excluding carboxylic acids is 2. The molecular formula is C18H23N5O3S. The van der Waals surface area contributed by atoms with Gasteiger partial charge in [-0.1, -0.05) is 0 Å². The average molecular weight is 389 g/mol. The van der Waals surface area contributed by atoms with Crippen molar-refractivity contribution in [2.24, 2.45) is 0 Å². The molecule has 1 saturated heterocycles. The molecule has 1 unspecified atom stereocenters. The van der Waals surface area contributed by atoms with E-state index in [1.165, 1.54) is 24.0 Å². The lowest BCUT2D eigenvalue weighted by Gasteiger charge is -2.21. The molecule has 0 bridgehead atoms. The Balaban J connectivity index is 1.35. The highest BCUT2D eigenvalue weighted by Crippen LogP contribution is 2.43. The molecule has 2 N–H and O–H groups in total. The van der Waals surface area contributed by atoms with Gasteiger partial charge >= 0.3 is 0 Å². The molecule has 1 atom stereocenters. The highest BCUT2D eigenvalue weighted by Gasteiger charge is 2.30. The van der Waals surface area contributed by atoms with E-state index in [1.807, 2.05) is 12.1 Å². The van der Waals surface area contributed by atoms with Crippen LogP contribution in [0.25, 0.3) is 0 Å². The Morgan fingerprint density at radius 3 is 2.74 bits per heavy atom. The number of nitrogens with one attached hydrogen (secondary N) is 1. The molecule has 1 saturated carbocycles. The van der Waals surface area contributed by atoms with Crippen molar-refractivity contribution in [1.82, 2.24) is 25.0 Å². The fraction of sp³-hybridized carbons (Fsp3) is 0.556. The van der Waals surface area contributed by atoms with Crippen LogP contribution in [0.5, 0.6) is 0 Å². The molecule has 8 nitrogen and oxygen atoms in total. The molecule has 1 aliphatic heterocycles. The first-order chi connectivity index (χ1) is 13.1. The first kappa shape index (κ1) is 18.1. The summed E-state index contributed by atoms with van der Waals surface area (Å²) < 4.78 is 0. The van der Waals surface area contributed by atoms with Gasteiger partial charge in [0.25, 0.3) is 5.91 Å². The molecular weight excluding hydrogens is 366 g/mol. The second kappa shape index (κ2) is 7.77. The van der Waals surface area contributed by atoms with Gasteiger partial charge in [-0.05, 0) is 30.9 Å². The van der Waals surface area contributed by atoms with Gasteiger partial charge in [0.1, 0.15) is 12.2 Å². The minimum absolute atomic E-state index is 0.0492. The molecule has 0 radical (unpaired) electrons. The van der Waals surface area contributed by atoms with E-state index in [9.17, 15) is 14.7 Å². The van der Waals surface area contributed by atoms with Crippen LogP contribution in [0.4, 0.5) is 0 Å². The highest BCUT2D eigenvalue weighted by molar-refractivity contribution is 7.14. The van der Waals surface area contributed by atoms with Crippen LogP contribution in [0.15, 0.2) is 18.5 Å². The molecule has 144 valence electrons. The number of aromatic nitrogens is 3. The lowest BCUT2D eigenvalue weighted by Crippen LogP contribution is -2.37. The zero-order chi connectivity index (χ0) is 18.8. The number of aliphatic hydroxyl groups excluding tert-OH is 1. The van der Waals surface area contributed by atoms with Crippen LogP contribution in [0, 0.1) is 0 Å². The van der Waals surface area contributed by atoms with E-state index in [0.29, 0.717) is 42.6 Å². The highest BCUT2D eigenvalue weighted by atomic mass is 32.1. The van der Waals surface area contributed by atoms with E-state index < -0.39 is 6.10 Å². The first-order valence-corrected chi connectivity index (χ1v) is 10.1. The van der Waals surface area contributed by atoms with Gasteiger partial charge in [-0.15, -0.1) is 11.3 Å². The van der Waals surface area contributed by atoms with E-state index in [-0.39, 0.29) is 24.9 Å². The van der Waals surface area contributed by atoms with E-state index in [4.69, 9.17) is 0 Å². The summed E-state index contributed by atoms with van der Waals surface area (Å²) in [5.41, 5.74) is 0. The Labute approximate surface area is 161 Å². The molecule has 2 fully saturated rings. The SMILES string of the molecule is O=C(CCc1ncn[nH]1)N1CCN(C(=O)c2ccc(C3CC3)s2)CC(O)C1. The molecule has 3 heterocycles. The summed E-state index contributed by atoms with van der Waals surface area (Å²) in [4.78, 5) is 34.6. The van der Waals surface area contributed by atoms with Gasteiger partial charge in [0.2, 0.25) is 5.91 Å². The molecule has 4 rings (SSSR count). The number of aromatic amines is 1. The summed E-state index contributed by atoms with van der Waals surface area (Å²) in [5.74, 6) is 1.19. The van der Waals surface area contributed by atoms with E-state index >= 15 is 0 Å². The molecule has 2 aromatic rings. The van der Waals surface area contributed by atoms with Crippen LogP contribution in [0.2, 0.25) is 0 Å². The van der Waals surface area contributed by atoms with Crippen molar-refractivity contribution < 1.29 is 14.7 Å². The molecule has 9 heteroatoms. The Morgan fingerprint density at radius 1 is 1.22 bits per heavy atom. The Morgan fingerprint density at radius 2 is 2.00 bits per heavy atom. The predicted octanol–water partition coefficient (Wildman–Crippen LogP) is 1.02. The van der Waals surface area contributed by atoms with Gasteiger partial charge in [-0.3, -0.25) is 14.7 Å². The minimum Gasteiger partial charge on any atom is -0.389 e. The zero-order valence-electron chi connectivity index (χ0n) is 15.0. The predicted molar refractivity (Wildman–Crippen MR) is 99.5 cm³/mol. The van der Waals surface area contributed by atoms with Crippen molar-refractivity contribution in [3.63, 3.8) is 0 Å². The van der Waals surface area contributed by atoms with Crippen molar-refractivity contribution in [2.45, 2.75) is 37.7 Å². The molecule has 1 aliphatic carbocycles. The third-order valence-electron chi connectivity index (χ3n) is 5.00. The topological polar surface area (TPSA) is 102 Å². The number of H-pyrrole nitrogens is 1. The van der Waals surface area contributed by atoms with Gasteiger partial charge in [-0.25, -0.2) is 4.98 Å². The van der Waals surface area contributed by atoms with Crippen LogP contribution in [0.1, 0.15) is 45.6 Å². The lowest BCUT2D eigenvalue weighted by molar-refractivity contribution is -0.132. The number of carbonyl (C=O) groups is 2. The fourth-order valence-electron chi connectivity index (χ4n) is 3.35. The second-order valence-corrected chi connectivity index (χ2v) is 8.27. The van der Waals surface area contributed by atoms with Gasteiger partial charge < -0.3 is 14.9 Å². The number of aryl methyl sites for hydroxylation is 1. The van der Waals surface area contributed by atoms with Gasteiger partial charge in [0.05, 0.1) is 11.0 Å². The summed E-state index contributed by atoms with van der Waals surface area (Å²) in [7, 11) is 0. The summed E-state index contributed by atoms with van der Waals surface area (Å²) >= 11 is 1.56.